The number of allylic oxidation sites excluding steroid dienone is 3. The van der Waals surface area contributed by atoms with Crippen molar-refractivity contribution in [2.24, 2.45) is 0 Å². The zero-order chi connectivity index (χ0) is 16.8. The van der Waals surface area contributed by atoms with Crippen molar-refractivity contribution < 1.29 is 9.47 Å². The van der Waals surface area contributed by atoms with E-state index in [-0.39, 0.29) is 18.1 Å². The van der Waals surface area contributed by atoms with Crippen molar-refractivity contribution in [2.45, 2.75) is 57.6 Å². The van der Waals surface area contributed by atoms with Crippen LogP contribution in [0, 0.1) is 0 Å². The summed E-state index contributed by atoms with van der Waals surface area (Å²) in [7, 11) is 0. The molecule has 0 amide bonds. The van der Waals surface area contributed by atoms with Crippen LogP contribution in [0.2, 0.25) is 0 Å². The SMILES string of the molecule is CC1=CC=CC(COc2nc(N)nc(NC3CCCCCC3)n2)O1. The van der Waals surface area contributed by atoms with Crippen molar-refractivity contribution in [3.63, 3.8) is 0 Å². The molecule has 7 heteroatoms. The lowest BCUT2D eigenvalue weighted by atomic mass is 10.1. The predicted molar refractivity (Wildman–Crippen MR) is 92.6 cm³/mol. The first kappa shape index (κ1) is 16.5. The van der Waals surface area contributed by atoms with Gasteiger partial charge in [0.15, 0.2) is 6.10 Å². The van der Waals surface area contributed by atoms with Crippen LogP contribution >= 0.6 is 0 Å². The number of nitrogens with two attached hydrogens (primary N) is 1. The zero-order valence-electron chi connectivity index (χ0n) is 14.1. The molecule has 7 nitrogen and oxygen atoms in total. The summed E-state index contributed by atoms with van der Waals surface area (Å²) in [5, 5.41) is 3.37. The second-order valence-electron chi connectivity index (χ2n) is 6.26. The van der Waals surface area contributed by atoms with Crippen LogP contribution in [0.15, 0.2) is 24.0 Å². The molecule has 130 valence electrons. The number of rotatable bonds is 5. The van der Waals surface area contributed by atoms with Gasteiger partial charge in [-0.05, 0) is 31.9 Å². The molecule has 0 aromatic carbocycles. The standard InChI is InChI=1S/C17H25N5O2/c1-12-7-6-10-14(24-12)11-23-17-21-15(18)20-16(22-17)19-13-8-4-2-3-5-9-13/h6-7,10,13-14H,2-5,8-9,11H2,1H3,(H3,18,19,20,21,22). The molecule has 3 N–H and O–H groups in total. The van der Waals surface area contributed by atoms with Gasteiger partial charge in [-0.1, -0.05) is 31.8 Å². The third kappa shape index (κ3) is 4.84. The van der Waals surface area contributed by atoms with Crippen molar-refractivity contribution in [1.82, 2.24) is 15.0 Å². The average Bonchev–Trinajstić information content (AvgIpc) is 2.81. The van der Waals surface area contributed by atoms with Gasteiger partial charge in [-0.25, -0.2) is 0 Å². The highest BCUT2D eigenvalue weighted by Crippen LogP contribution is 2.21. The molecule has 3 rings (SSSR count). The van der Waals surface area contributed by atoms with E-state index in [2.05, 4.69) is 20.3 Å². The summed E-state index contributed by atoms with van der Waals surface area (Å²) in [4.78, 5) is 12.6. The van der Waals surface area contributed by atoms with E-state index < -0.39 is 0 Å². The van der Waals surface area contributed by atoms with Crippen molar-refractivity contribution >= 4 is 11.9 Å². The van der Waals surface area contributed by atoms with Gasteiger partial charge >= 0.3 is 6.01 Å². The maximum absolute atomic E-state index is 5.79. The van der Waals surface area contributed by atoms with Gasteiger partial charge in [0.2, 0.25) is 11.9 Å². The van der Waals surface area contributed by atoms with Crippen LogP contribution in [-0.4, -0.2) is 33.7 Å². The smallest absolute Gasteiger partial charge is 0.323 e. The normalized spacial score (nSPS) is 21.5. The van der Waals surface area contributed by atoms with E-state index in [4.69, 9.17) is 15.2 Å². The largest absolute Gasteiger partial charge is 0.487 e. The number of anilines is 2. The molecule has 2 aliphatic rings. The fourth-order valence-corrected chi connectivity index (χ4v) is 2.99. The molecule has 1 aliphatic carbocycles. The minimum Gasteiger partial charge on any atom is -0.487 e. The Morgan fingerprint density at radius 3 is 2.75 bits per heavy atom. The molecule has 24 heavy (non-hydrogen) atoms. The third-order valence-electron chi connectivity index (χ3n) is 4.19. The van der Waals surface area contributed by atoms with Gasteiger partial charge in [0.05, 0.1) is 5.76 Å². The van der Waals surface area contributed by atoms with E-state index in [9.17, 15) is 0 Å². The number of nitrogen functional groups attached to an aromatic ring is 1. The predicted octanol–water partition coefficient (Wildman–Crippen LogP) is 2.83. The molecule has 2 heterocycles. The van der Waals surface area contributed by atoms with Crippen molar-refractivity contribution in [3.8, 4) is 6.01 Å². The number of ether oxygens (including phenoxy) is 2. The van der Waals surface area contributed by atoms with E-state index in [1.807, 2.05) is 25.2 Å². The second-order valence-corrected chi connectivity index (χ2v) is 6.26. The maximum atomic E-state index is 5.79. The van der Waals surface area contributed by atoms with Gasteiger partial charge in [-0.15, -0.1) is 0 Å². The van der Waals surface area contributed by atoms with Crippen LogP contribution in [-0.2, 0) is 4.74 Å². The molecule has 1 aromatic heterocycles. The Balaban J connectivity index is 1.58. The summed E-state index contributed by atoms with van der Waals surface area (Å²) in [6.45, 7) is 2.24. The number of nitrogens with one attached hydrogen (secondary N) is 1. The number of aromatic nitrogens is 3. The summed E-state index contributed by atoms with van der Waals surface area (Å²) in [5.74, 6) is 1.50. The zero-order valence-corrected chi connectivity index (χ0v) is 14.1. The highest BCUT2D eigenvalue weighted by atomic mass is 16.5. The van der Waals surface area contributed by atoms with Crippen molar-refractivity contribution in [3.05, 3.63) is 24.0 Å². The molecule has 1 saturated carbocycles. The topological polar surface area (TPSA) is 95.2 Å². The van der Waals surface area contributed by atoms with E-state index in [0.717, 1.165) is 18.6 Å². The molecule has 1 fully saturated rings. The fourth-order valence-electron chi connectivity index (χ4n) is 2.99. The molecule has 1 aromatic rings. The summed E-state index contributed by atoms with van der Waals surface area (Å²) in [6.07, 6.45) is 13.0. The molecule has 1 aliphatic heterocycles. The molecular formula is C17H25N5O2. The quantitative estimate of drug-likeness (QED) is 0.801. The molecule has 1 atom stereocenters. The Kier molecular flexibility index (Phi) is 5.51. The summed E-state index contributed by atoms with van der Waals surface area (Å²) in [5.41, 5.74) is 5.79. The van der Waals surface area contributed by atoms with E-state index in [1.54, 1.807) is 0 Å². The van der Waals surface area contributed by atoms with Gasteiger partial charge in [0, 0.05) is 6.04 Å². The minimum absolute atomic E-state index is 0.147. The lowest BCUT2D eigenvalue weighted by Gasteiger charge is -2.19. The molecule has 0 radical (unpaired) electrons. The molecule has 0 bridgehead atoms. The fraction of sp³-hybridized carbons (Fsp3) is 0.588. The lowest BCUT2D eigenvalue weighted by Crippen LogP contribution is -2.23. The Labute approximate surface area is 142 Å². The first-order valence-electron chi connectivity index (χ1n) is 8.62. The molecule has 0 spiro atoms. The highest BCUT2D eigenvalue weighted by molar-refractivity contribution is 5.33. The Bertz CT molecular complexity index is 609. The Morgan fingerprint density at radius 1 is 1.21 bits per heavy atom. The first-order valence-corrected chi connectivity index (χ1v) is 8.62. The number of nitrogens with zero attached hydrogens (tertiary/aromatic N) is 3. The second kappa shape index (κ2) is 7.99. The maximum Gasteiger partial charge on any atom is 0.323 e. The van der Waals surface area contributed by atoms with Gasteiger partial charge in [-0.2, -0.15) is 15.0 Å². The number of hydrogen-bond donors (Lipinski definition) is 2. The molecule has 0 saturated heterocycles. The van der Waals surface area contributed by atoms with Gasteiger partial charge < -0.3 is 20.5 Å². The van der Waals surface area contributed by atoms with Crippen LogP contribution in [0.25, 0.3) is 0 Å². The van der Waals surface area contributed by atoms with E-state index in [1.165, 1.54) is 25.7 Å². The molecular weight excluding hydrogens is 306 g/mol. The Hall–Kier alpha value is -2.31. The van der Waals surface area contributed by atoms with Crippen molar-refractivity contribution in [2.75, 3.05) is 17.7 Å². The van der Waals surface area contributed by atoms with Crippen LogP contribution in [0.1, 0.15) is 45.4 Å². The van der Waals surface area contributed by atoms with Gasteiger partial charge in [-0.3, -0.25) is 0 Å². The highest BCUT2D eigenvalue weighted by Gasteiger charge is 2.16. The Morgan fingerprint density at radius 2 is 2.00 bits per heavy atom. The van der Waals surface area contributed by atoms with Crippen LogP contribution in [0.4, 0.5) is 11.9 Å². The third-order valence-corrected chi connectivity index (χ3v) is 4.19. The average molecular weight is 331 g/mol. The van der Waals surface area contributed by atoms with Crippen LogP contribution < -0.4 is 15.8 Å². The monoisotopic (exact) mass is 331 g/mol. The lowest BCUT2D eigenvalue weighted by molar-refractivity contribution is 0.0958. The van der Waals surface area contributed by atoms with E-state index in [0.29, 0.717) is 18.6 Å². The summed E-state index contributed by atoms with van der Waals surface area (Å²) in [6, 6.07) is 0.613. The minimum atomic E-state index is -0.147. The van der Waals surface area contributed by atoms with Gasteiger partial charge in [0.1, 0.15) is 6.61 Å². The van der Waals surface area contributed by atoms with Gasteiger partial charge in [0.25, 0.3) is 0 Å². The summed E-state index contributed by atoms with van der Waals surface area (Å²) >= 11 is 0. The van der Waals surface area contributed by atoms with Crippen molar-refractivity contribution in [1.29, 1.82) is 0 Å². The van der Waals surface area contributed by atoms with E-state index >= 15 is 0 Å². The van der Waals surface area contributed by atoms with Crippen LogP contribution in [0.3, 0.4) is 0 Å². The first-order chi connectivity index (χ1) is 11.7. The van der Waals surface area contributed by atoms with Crippen LogP contribution in [0.5, 0.6) is 6.01 Å². The summed E-state index contributed by atoms with van der Waals surface area (Å²) < 4.78 is 11.3. The molecule has 1 unspecified atom stereocenters. The number of hydrogen-bond acceptors (Lipinski definition) is 7.